The van der Waals surface area contributed by atoms with Gasteiger partial charge in [0.05, 0.1) is 11.7 Å². The van der Waals surface area contributed by atoms with E-state index in [1.54, 1.807) is 0 Å². The van der Waals surface area contributed by atoms with Gasteiger partial charge >= 0.3 is 0 Å². The highest BCUT2D eigenvalue weighted by Gasteiger charge is 2.33. The molecule has 0 spiro atoms. The predicted molar refractivity (Wildman–Crippen MR) is 71.5 cm³/mol. The lowest BCUT2D eigenvalue weighted by molar-refractivity contribution is 0.111. The number of carbonyl (C=O) groups is 1. The molecule has 0 unspecified atom stereocenters. The van der Waals surface area contributed by atoms with Gasteiger partial charge in [-0.2, -0.15) is 0 Å². The maximum Gasteiger partial charge on any atom is 0.153 e. The number of benzene rings is 1. The van der Waals surface area contributed by atoms with Crippen LogP contribution in [-0.4, -0.2) is 12.4 Å². The molecule has 0 aliphatic heterocycles. The Hall–Kier alpha value is -1.31. The lowest BCUT2D eigenvalue weighted by Gasteiger charge is -2.16. The van der Waals surface area contributed by atoms with Crippen LogP contribution >= 0.6 is 0 Å². The molecule has 3 rings (SSSR count). The fourth-order valence-corrected chi connectivity index (χ4v) is 2.57. The van der Waals surface area contributed by atoms with Gasteiger partial charge in [-0.25, -0.2) is 0 Å². The Morgan fingerprint density at radius 2 is 1.67 bits per heavy atom. The second kappa shape index (κ2) is 4.42. The van der Waals surface area contributed by atoms with E-state index in [1.807, 2.05) is 13.8 Å². The lowest BCUT2D eigenvalue weighted by Crippen LogP contribution is -2.08. The Morgan fingerprint density at radius 3 is 2.11 bits per heavy atom. The molecule has 0 bridgehead atoms. The van der Waals surface area contributed by atoms with Crippen LogP contribution in [0.3, 0.4) is 0 Å². The molecule has 1 aromatic rings. The third-order valence-corrected chi connectivity index (χ3v) is 3.74. The summed E-state index contributed by atoms with van der Waals surface area (Å²) in [6, 6.07) is 4.21. The highest BCUT2D eigenvalue weighted by atomic mass is 16.5. The third-order valence-electron chi connectivity index (χ3n) is 3.74. The van der Waals surface area contributed by atoms with Crippen molar-refractivity contribution in [3.05, 3.63) is 28.8 Å². The minimum absolute atomic E-state index is 0.113. The molecule has 0 amide bonds. The second-order valence-corrected chi connectivity index (χ2v) is 5.85. The van der Waals surface area contributed by atoms with Crippen LogP contribution < -0.4 is 4.74 Å². The highest BCUT2D eigenvalue weighted by molar-refractivity contribution is 5.80. The van der Waals surface area contributed by atoms with Crippen LogP contribution in [0.25, 0.3) is 0 Å². The molecule has 0 N–H and O–H groups in total. The molecular weight excluding hydrogens is 224 g/mol. The van der Waals surface area contributed by atoms with E-state index in [-0.39, 0.29) is 6.10 Å². The molecule has 2 aliphatic carbocycles. The van der Waals surface area contributed by atoms with Gasteiger partial charge in [-0.05, 0) is 74.6 Å². The van der Waals surface area contributed by atoms with E-state index in [0.717, 1.165) is 23.5 Å². The number of hydrogen-bond donors (Lipinski definition) is 0. The molecule has 2 fully saturated rings. The first kappa shape index (κ1) is 11.8. The SMILES string of the molecule is CC(C)Oc1cc(C2CC2)c(C2CC2)cc1C=O. The molecule has 2 saturated carbocycles. The van der Waals surface area contributed by atoms with Crippen LogP contribution in [0.2, 0.25) is 0 Å². The molecule has 0 saturated heterocycles. The molecule has 2 nitrogen and oxygen atoms in total. The molecule has 0 radical (unpaired) electrons. The topological polar surface area (TPSA) is 26.3 Å². The van der Waals surface area contributed by atoms with Gasteiger partial charge in [0.2, 0.25) is 0 Å². The average molecular weight is 244 g/mol. The van der Waals surface area contributed by atoms with Crippen LogP contribution in [0.4, 0.5) is 0 Å². The minimum Gasteiger partial charge on any atom is -0.490 e. The van der Waals surface area contributed by atoms with Gasteiger partial charge in [0.1, 0.15) is 5.75 Å². The van der Waals surface area contributed by atoms with E-state index in [4.69, 9.17) is 4.74 Å². The summed E-state index contributed by atoms with van der Waals surface area (Å²) in [6.07, 6.45) is 6.19. The van der Waals surface area contributed by atoms with Crippen molar-refractivity contribution in [2.24, 2.45) is 0 Å². The Balaban J connectivity index is 2.02. The van der Waals surface area contributed by atoms with Crippen LogP contribution in [0.5, 0.6) is 5.75 Å². The summed E-state index contributed by atoms with van der Waals surface area (Å²) < 4.78 is 5.78. The van der Waals surface area contributed by atoms with Crippen molar-refractivity contribution in [2.45, 2.75) is 57.5 Å². The fraction of sp³-hybridized carbons (Fsp3) is 0.562. The number of carbonyl (C=O) groups excluding carboxylic acids is 1. The first-order valence-electron chi connectivity index (χ1n) is 6.98. The van der Waals surface area contributed by atoms with Gasteiger partial charge in [0.15, 0.2) is 6.29 Å². The summed E-state index contributed by atoms with van der Waals surface area (Å²) in [5.74, 6) is 2.19. The van der Waals surface area contributed by atoms with Crippen molar-refractivity contribution in [3.8, 4) is 5.75 Å². The van der Waals surface area contributed by atoms with Crippen molar-refractivity contribution >= 4 is 6.29 Å². The summed E-state index contributed by atoms with van der Waals surface area (Å²) in [7, 11) is 0. The zero-order chi connectivity index (χ0) is 12.7. The molecule has 1 aromatic carbocycles. The maximum atomic E-state index is 11.2. The number of rotatable bonds is 5. The molecule has 0 aromatic heterocycles. The van der Waals surface area contributed by atoms with Crippen molar-refractivity contribution in [3.63, 3.8) is 0 Å². The normalized spacial score (nSPS) is 19.1. The summed E-state index contributed by atoms with van der Waals surface area (Å²) in [5.41, 5.74) is 3.57. The standard InChI is InChI=1S/C16H20O2/c1-10(2)18-16-8-15(12-5-6-12)14(11-3-4-11)7-13(16)9-17/h7-12H,3-6H2,1-2H3. The van der Waals surface area contributed by atoms with Gasteiger partial charge < -0.3 is 4.74 Å². The highest BCUT2D eigenvalue weighted by Crippen LogP contribution is 2.50. The first-order chi connectivity index (χ1) is 8.69. The van der Waals surface area contributed by atoms with Crippen molar-refractivity contribution in [2.75, 3.05) is 0 Å². The Kier molecular flexibility index (Phi) is 2.89. The summed E-state index contributed by atoms with van der Waals surface area (Å²) >= 11 is 0. The molecular formula is C16H20O2. The van der Waals surface area contributed by atoms with Crippen LogP contribution in [-0.2, 0) is 0 Å². The number of aldehydes is 1. The van der Waals surface area contributed by atoms with Gasteiger partial charge in [0, 0.05) is 0 Å². The average Bonchev–Trinajstić information content (AvgIpc) is 3.17. The summed E-state index contributed by atoms with van der Waals surface area (Å²) in [5, 5.41) is 0. The monoisotopic (exact) mass is 244 g/mol. The van der Waals surface area contributed by atoms with Crippen LogP contribution in [0.1, 0.15) is 72.9 Å². The number of ether oxygens (including phenoxy) is 1. The molecule has 2 heteroatoms. The molecule has 18 heavy (non-hydrogen) atoms. The second-order valence-electron chi connectivity index (χ2n) is 5.85. The third kappa shape index (κ3) is 2.29. The molecule has 96 valence electrons. The van der Waals surface area contributed by atoms with Gasteiger partial charge in [-0.1, -0.05) is 0 Å². The van der Waals surface area contributed by atoms with Crippen molar-refractivity contribution < 1.29 is 9.53 Å². The molecule has 0 heterocycles. The molecule has 2 aliphatic rings. The zero-order valence-electron chi connectivity index (χ0n) is 11.1. The smallest absolute Gasteiger partial charge is 0.153 e. The van der Waals surface area contributed by atoms with Crippen LogP contribution in [0, 0.1) is 0 Å². The quantitative estimate of drug-likeness (QED) is 0.731. The van der Waals surface area contributed by atoms with E-state index >= 15 is 0 Å². The van der Waals surface area contributed by atoms with E-state index in [2.05, 4.69) is 12.1 Å². The fourth-order valence-electron chi connectivity index (χ4n) is 2.57. The minimum atomic E-state index is 0.113. The van der Waals surface area contributed by atoms with Crippen molar-refractivity contribution in [1.82, 2.24) is 0 Å². The van der Waals surface area contributed by atoms with Gasteiger partial charge in [-0.3, -0.25) is 4.79 Å². The maximum absolute atomic E-state index is 11.2. The lowest BCUT2D eigenvalue weighted by atomic mass is 9.96. The predicted octanol–water partition coefficient (Wildman–Crippen LogP) is 4.04. The van der Waals surface area contributed by atoms with E-state index < -0.39 is 0 Å². The summed E-state index contributed by atoms with van der Waals surface area (Å²) in [4.78, 5) is 11.2. The zero-order valence-corrected chi connectivity index (χ0v) is 11.1. The molecule has 0 atom stereocenters. The van der Waals surface area contributed by atoms with Crippen LogP contribution in [0.15, 0.2) is 12.1 Å². The largest absolute Gasteiger partial charge is 0.490 e. The Labute approximate surface area is 108 Å². The Bertz CT molecular complexity index is 468. The van der Waals surface area contributed by atoms with Gasteiger partial charge in [-0.15, -0.1) is 0 Å². The van der Waals surface area contributed by atoms with E-state index in [0.29, 0.717) is 5.92 Å². The van der Waals surface area contributed by atoms with E-state index in [1.165, 1.54) is 36.8 Å². The number of hydrogen-bond acceptors (Lipinski definition) is 2. The summed E-state index contributed by atoms with van der Waals surface area (Å²) in [6.45, 7) is 4.00. The first-order valence-corrected chi connectivity index (χ1v) is 6.98. The van der Waals surface area contributed by atoms with Crippen molar-refractivity contribution in [1.29, 1.82) is 0 Å². The Morgan fingerprint density at radius 1 is 1.11 bits per heavy atom. The van der Waals surface area contributed by atoms with Gasteiger partial charge in [0.25, 0.3) is 0 Å². The van der Waals surface area contributed by atoms with E-state index in [9.17, 15) is 4.79 Å².